The summed E-state index contributed by atoms with van der Waals surface area (Å²) < 4.78 is 11.1. The van der Waals surface area contributed by atoms with E-state index in [2.05, 4.69) is 10.3 Å². The number of rotatable bonds is 6. The van der Waals surface area contributed by atoms with E-state index in [0.717, 1.165) is 34.1 Å². The highest BCUT2D eigenvalue weighted by Crippen LogP contribution is 2.33. The lowest BCUT2D eigenvalue weighted by Gasteiger charge is -2.08. The number of fused-ring (bicyclic) bond motifs is 1. The maximum atomic E-state index is 12.8. The van der Waals surface area contributed by atoms with E-state index in [1.54, 1.807) is 13.2 Å². The molecule has 0 fully saturated rings. The van der Waals surface area contributed by atoms with Crippen LogP contribution in [-0.4, -0.2) is 17.9 Å². The summed E-state index contributed by atoms with van der Waals surface area (Å²) in [5, 5.41) is 4.51. The second-order valence-electron chi connectivity index (χ2n) is 6.31. The second-order valence-corrected chi connectivity index (χ2v) is 7.79. The number of ketones is 1. The highest BCUT2D eigenvalue weighted by Gasteiger charge is 2.24. The predicted molar refractivity (Wildman–Crippen MR) is 111 cm³/mol. The molecule has 4 rings (SSSR count). The van der Waals surface area contributed by atoms with Crippen LogP contribution < -0.4 is 15.8 Å². The highest BCUT2D eigenvalue weighted by molar-refractivity contribution is 7.18. The van der Waals surface area contributed by atoms with Crippen LogP contribution in [0, 0.1) is 0 Å². The van der Waals surface area contributed by atoms with Gasteiger partial charge in [-0.15, -0.1) is 0 Å². The smallest absolute Gasteiger partial charge is 0.241 e. The molecule has 2 aromatic heterocycles. The third-order valence-corrected chi connectivity index (χ3v) is 5.78. The van der Waals surface area contributed by atoms with Crippen molar-refractivity contribution in [3.63, 3.8) is 0 Å². The molecule has 0 bridgehead atoms. The molecule has 3 aromatic rings. The summed E-state index contributed by atoms with van der Waals surface area (Å²) in [5.41, 5.74) is 7.81. The first-order valence-corrected chi connectivity index (χ1v) is 9.90. The van der Waals surface area contributed by atoms with Crippen LogP contribution in [0.25, 0.3) is 6.08 Å². The van der Waals surface area contributed by atoms with Gasteiger partial charge in [0.05, 0.1) is 7.11 Å². The zero-order chi connectivity index (χ0) is 19.7. The number of furan rings is 1. The minimum atomic E-state index is -0.278. The summed E-state index contributed by atoms with van der Waals surface area (Å²) in [5.74, 6) is 1.70. The van der Waals surface area contributed by atoms with Crippen LogP contribution in [0.1, 0.15) is 38.7 Å². The fourth-order valence-electron chi connectivity index (χ4n) is 3.05. The SMILES string of the molecule is COc1ccccc1CNc1nc(N)c(C(=O)c2cc3c(o2)CCC(Cl)=C3)s1. The summed E-state index contributed by atoms with van der Waals surface area (Å²) in [7, 11) is 1.63. The van der Waals surface area contributed by atoms with E-state index in [0.29, 0.717) is 23.0 Å². The molecular weight excluding hydrogens is 398 g/mol. The number of carbonyl (C=O) groups excluding carboxylic acids is 1. The van der Waals surface area contributed by atoms with Gasteiger partial charge in [0.1, 0.15) is 22.2 Å². The van der Waals surface area contributed by atoms with Crippen LogP contribution in [0.5, 0.6) is 5.75 Å². The van der Waals surface area contributed by atoms with Crippen LogP contribution in [0.4, 0.5) is 10.9 Å². The molecule has 0 atom stereocenters. The number of ether oxygens (including phenoxy) is 1. The Labute approximate surface area is 171 Å². The predicted octanol–water partition coefficient (Wildman–Crippen LogP) is 4.70. The number of anilines is 2. The summed E-state index contributed by atoms with van der Waals surface area (Å²) in [6, 6.07) is 9.40. The lowest BCUT2D eigenvalue weighted by molar-refractivity contribution is 0.101. The first-order chi connectivity index (χ1) is 13.5. The molecule has 1 aliphatic rings. The molecule has 0 aliphatic heterocycles. The molecule has 0 saturated carbocycles. The number of carbonyl (C=O) groups is 1. The average molecular weight is 416 g/mol. The second kappa shape index (κ2) is 7.69. The minimum absolute atomic E-state index is 0.181. The number of para-hydroxylation sites is 1. The van der Waals surface area contributed by atoms with Crippen molar-refractivity contribution in [2.75, 3.05) is 18.2 Å². The number of methoxy groups -OCH3 is 1. The number of hydrogen-bond acceptors (Lipinski definition) is 7. The van der Waals surface area contributed by atoms with Crippen molar-refractivity contribution in [2.45, 2.75) is 19.4 Å². The van der Waals surface area contributed by atoms with Crippen molar-refractivity contribution < 1.29 is 13.9 Å². The Morgan fingerprint density at radius 1 is 1.39 bits per heavy atom. The number of hydrogen-bond donors (Lipinski definition) is 2. The maximum absolute atomic E-state index is 12.8. The molecule has 6 nitrogen and oxygen atoms in total. The Bertz CT molecular complexity index is 1070. The third kappa shape index (κ3) is 3.63. The van der Waals surface area contributed by atoms with Crippen LogP contribution in [0.3, 0.4) is 0 Å². The van der Waals surface area contributed by atoms with Gasteiger partial charge in [0.15, 0.2) is 10.9 Å². The molecule has 28 heavy (non-hydrogen) atoms. The van der Waals surface area contributed by atoms with E-state index in [9.17, 15) is 4.79 Å². The number of nitrogens with one attached hydrogen (secondary N) is 1. The first kappa shape index (κ1) is 18.6. The van der Waals surface area contributed by atoms with E-state index >= 15 is 0 Å². The zero-order valence-corrected chi connectivity index (χ0v) is 16.7. The number of nitrogen functional groups attached to an aromatic ring is 1. The molecule has 0 spiro atoms. The molecule has 0 unspecified atom stereocenters. The Kier molecular flexibility index (Phi) is 5.11. The number of nitrogens with two attached hydrogens (primary N) is 1. The molecule has 0 saturated heterocycles. The van der Waals surface area contributed by atoms with Crippen molar-refractivity contribution in [1.82, 2.24) is 4.98 Å². The van der Waals surface area contributed by atoms with E-state index in [1.165, 1.54) is 11.3 Å². The van der Waals surface area contributed by atoms with Gasteiger partial charge in [-0.25, -0.2) is 4.98 Å². The van der Waals surface area contributed by atoms with Gasteiger partial charge in [-0.2, -0.15) is 0 Å². The summed E-state index contributed by atoms with van der Waals surface area (Å²) >= 11 is 7.28. The van der Waals surface area contributed by atoms with Gasteiger partial charge in [-0.1, -0.05) is 41.1 Å². The van der Waals surface area contributed by atoms with Crippen molar-refractivity contribution in [1.29, 1.82) is 0 Å². The molecule has 0 radical (unpaired) electrons. The van der Waals surface area contributed by atoms with Crippen molar-refractivity contribution in [3.05, 3.63) is 62.9 Å². The number of nitrogens with zero attached hydrogens (tertiary/aromatic N) is 1. The number of aromatic nitrogens is 1. The zero-order valence-electron chi connectivity index (χ0n) is 15.1. The lowest BCUT2D eigenvalue weighted by atomic mass is 10.1. The molecule has 1 aromatic carbocycles. The molecule has 8 heteroatoms. The molecule has 2 heterocycles. The maximum Gasteiger partial charge on any atom is 0.241 e. The van der Waals surface area contributed by atoms with Crippen molar-refractivity contribution >= 4 is 45.7 Å². The van der Waals surface area contributed by atoms with Crippen LogP contribution in [0.2, 0.25) is 0 Å². The highest BCUT2D eigenvalue weighted by atomic mass is 35.5. The van der Waals surface area contributed by atoms with Gasteiger partial charge < -0.3 is 20.2 Å². The van der Waals surface area contributed by atoms with E-state index in [-0.39, 0.29) is 17.4 Å². The summed E-state index contributed by atoms with van der Waals surface area (Å²) in [4.78, 5) is 17.5. The van der Waals surface area contributed by atoms with E-state index < -0.39 is 0 Å². The summed E-state index contributed by atoms with van der Waals surface area (Å²) in [6.45, 7) is 0.503. The normalized spacial score (nSPS) is 13.0. The topological polar surface area (TPSA) is 90.4 Å². The Hall–Kier alpha value is -2.77. The average Bonchev–Trinajstić information content (AvgIpc) is 3.29. The van der Waals surface area contributed by atoms with Crippen LogP contribution in [0.15, 0.2) is 39.8 Å². The third-order valence-electron chi connectivity index (χ3n) is 4.45. The number of allylic oxidation sites excluding steroid dienone is 1. The van der Waals surface area contributed by atoms with Gasteiger partial charge in [0, 0.05) is 29.1 Å². The largest absolute Gasteiger partial charge is 0.496 e. The molecule has 144 valence electrons. The monoisotopic (exact) mass is 415 g/mol. The van der Waals surface area contributed by atoms with Gasteiger partial charge in [-0.05, 0) is 24.6 Å². The quantitative estimate of drug-likeness (QED) is 0.567. The number of aryl methyl sites for hydroxylation is 1. The molecule has 3 N–H and O–H groups in total. The fourth-order valence-corrected chi connectivity index (χ4v) is 4.09. The standard InChI is InChI=1S/C20H18ClN3O3S/c1-26-14-5-3-2-4-11(14)10-23-20-24-19(22)18(28-20)17(25)16-9-12-8-13(21)6-7-15(12)27-16/h2-5,8-9H,6-7,10,22H2,1H3,(H,23,24). The number of halogens is 1. The molecule has 0 amide bonds. The number of thiazole rings is 1. The fraction of sp³-hybridized carbons (Fsp3) is 0.200. The molecular formula is C20H18ClN3O3S. The van der Waals surface area contributed by atoms with E-state index in [4.69, 9.17) is 26.5 Å². The first-order valence-electron chi connectivity index (χ1n) is 8.70. The minimum Gasteiger partial charge on any atom is -0.496 e. The van der Waals surface area contributed by atoms with Gasteiger partial charge in [0.2, 0.25) is 5.78 Å². The van der Waals surface area contributed by atoms with Gasteiger partial charge in [-0.3, -0.25) is 4.79 Å². The van der Waals surface area contributed by atoms with Gasteiger partial charge >= 0.3 is 0 Å². The van der Waals surface area contributed by atoms with Crippen molar-refractivity contribution in [2.24, 2.45) is 0 Å². The number of benzene rings is 1. The van der Waals surface area contributed by atoms with Gasteiger partial charge in [0.25, 0.3) is 0 Å². The van der Waals surface area contributed by atoms with E-state index in [1.807, 2.05) is 30.3 Å². The van der Waals surface area contributed by atoms with Crippen LogP contribution in [-0.2, 0) is 13.0 Å². The lowest BCUT2D eigenvalue weighted by Crippen LogP contribution is -2.01. The van der Waals surface area contributed by atoms with Crippen LogP contribution >= 0.6 is 22.9 Å². The Morgan fingerprint density at radius 3 is 3.04 bits per heavy atom. The Morgan fingerprint density at radius 2 is 2.21 bits per heavy atom. The van der Waals surface area contributed by atoms with Crippen molar-refractivity contribution in [3.8, 4) is 5.75 Å². The Balaban J connectivity index is 1.52. The molecule has 1 aliphatic carbocycles. The summed E-state index contributed by atoms with van der Waals surface area (Å²) in [6.07, 6.45) is 3.23.